The Bertz CT molecular complexity index is 843. The van der Waals surface area contributed by atoms with Gasteiger partial charge in [-0.3, -0.25) is 4.79 Å². The first-order valence-electron chi connectivity index (χ1n) is 8.10. The van der Waals surface area contributed by atoms with Crippen LogP contribution in [-0.4, -0.2) is 31.7 Å². The van der Waals surface area contributed by atoms with Crippen molar-refractivity contribution in [2.24, 2.45) is 0 Å². The van der Waals surface area contributed by atoms with Crippen LogP contribution < -0.4 is 5.32 Å². The van der Waals surface area contributed by atoms with Crippen molar-refractivity contribution in [2.75, 3.05) is 13.1 Å². The minimum atomic E-state index is -3.39. The maximum Gasteiger partial charge on any atom is 0.251 e. The fraction of sp³-hybridized carbons (Fsp3) is 0.278. The molecule has 0 saturated carbocycles. The Morgan fingerprint density at radius 2 is 1.60 bits per heavy atom. The molecule has 0 unspecified atom stereocenters. The smallest absolute Gasteiger partial charge is 0.251 e. The maximum atomic E-state index is 12.5. The Morgan fingerprint density at radius 3 is 2.20 bits per heavy atom. The van der Waals surface area contributed by atoms with E-state index in [2.05, 4.69) is 21.2 Å². The minimum absolute atomic E-state index is 0.165. The quantitative estimate of drug-likeness (QED) is 0.804. The first-order chi connectivity index (χ1) is 12.0. The van der Waals surface area contributed by atoms with Crippen molar-refractivity contribution in [1.82, 2.24) is 9.62 Å². The van der Waals surface area contributed by atoms with Crippen molar-refractivity contribution < 1.29 is 13.2 Å². The number of carbonyl (C=O) groups excluding carboxylic acids is 1. The molecule has 2 aromatic rings. The minimum Gasteiger partial charge on any atom is -0.348 e. The summed E-state index contributed by atoms with van der Waals surface area (Å²) in [6, 6.07) is 13.8. The normalized spacial score (nSPS) is 15.2. The van der Waals surface area contributed by atoms with Crippen molar-refractivity contribution in [1.29, 1.82) is 0 Å². The molecule has 2 aromatic carbocycles. The highest BCUT2D eigenvalue weighted by Gasteiger charge is 2.26. The number of sulfonamides is 1. The highest BCUT2D eigenvalue weighted by Crippen LogP contribution is 2.21. The highest BCUT2D eigenvalue weighted by atomic mass is 79.9. The Kier molecular flexibility index (Phi) is 5.56. The summed E-state index contributed by atoms with van der Waals surface area (Å²) in [6.45, 7) is 1.53. The van der Waals surface area contributed by atoms with E-state index in [4.69, 9.17) is 0 Å². The van der Waals surface area contributed by atoms with Crippen LogP contribution in [0.5, 0.6) is 0 Å². The first kappa shape index (κ1) is 18.1. The largest absolute Gasteiger partial charge is 0.348 e. The third-order valence-electron chi connectivity index (χ3n) is 4.19. The van der Waals surface area contributed by atoms with E-state index in [1.165, 1.54) is 4.31 Å². The lowest BCUT2D eigenvalue weighted by Gasteiger charge is -2.15. The van der Waals surface area contributed by atoms with Crippen LogP contribution in [0.1, 0.15) is 28.8 Å². The zero-order valence-corrected chi connectivity index (χ0v) is 16.0. The molecule has 0 spiro atoms. The molecule has 0 radical (unpaired) electrons. The maximum absolute atomic E-state index is 12.5. The molecule has 1 fully saturated rings. The van der Waals surface area contributed by atoms with Crippen molar-refractivity contribution in [2.45, 2.75) is 24.3 Å². The van der Waals surface area contributed by atoms with E-state index in [1.54, 1.807) is 36.4 Å². The van der Waals surface area contributed by atoms with Crippen LogP contribution in [0, 0.1) is 0 Å². The SMILES string of the molecule is O=C(NCc1ccc(S(=O)(=O)N2CCCC2)cc1)c1ccc(Br)cc1. The number of amides is 1. The first-order valence-corrected chi connectivity index (χ1v) is 10.3. The summed E-state index contributed by atoms with van der Waals surface area (Å²) >= 11 is 3.33. The van der Waals surface area contributed by atoms with Crippen LogP contribution in [0.4, 0.5) is 0 Å². The monoisotopic (exact) mass is 422 g/mol. The number of rotatable bonds is 5. The van der Waals surface area contributed by atoms with E-state index >= 15 is 0 Å². The number of benzene rings is 2. The second-order valence-electron chi connectivity index (χ2n) is 5.94. The van der Waals surface area contributed by atoms with Gasteiger partial charge in [-0.2, -0.15) is 4.31 Å². The topological polar surface area (TPSA) is 66.5 Å². The molecule has 1 amide bonds. The predicted molar refractivity (Wildman–Crippen MR) is 99.7 cm³/mol. The molecule has 1 saturated heterocycles. The molecule has 1 aliphatic heterocycles. The van der Waals surface area contributed by atoms with Crippen LogP contribution in [-0.2, 0) is 16.6 Å². The van der Waals surface area contributed by atoms with Gasteiger partial charge in [0.15, 0.2) is 0 Å². The van der Waals surface area contributed by atoms with Crippen LogP contribution in [0.25, 0.3) is 0 Å². The summed E-state index contributed by atoms with van der Waals surface area (Å²) in [5.74, 6) is -0.165. The van der Waals surface area contributed by atoms with E-state index in [0.29, 0.717) is 30.1 Å². The van der Waals surface area contributed by atoms with Crippen molar-refractivity contribution >= 4 is 31.9 Å². The Balaban J connectivity index is 1.63. The number of halogens is 1. The molecular weight excluding hydrogens is 404 g/mol. The lowest BCUT2D eigenvalue weighted by Crippen LogP contribution is -2.28. The third kappa shape index (κ3) is 4.29. The summed E-state index contributed by atoms with van der Waals surface area (Å²) in [6.07, 6.45) is 1.83. The van der Waals surface area contributed by atoms with Gasteiger partial charge in [0.25, 0.3) is 5.91 Å². The molecule has 25 heavy (non-hydrogen) atoms. The number of carbonyl (C=O) groups is 1. The van der Waals surface area contributed by atoms with Gasteiger partial charge in [0.05, 0.1) is 4.90 Å². The van der Waals surface area contributed by atoms with Gasteiger partial charge in [-0.25, -0.2) is 8.42 Å². The Morgan fingerprint density at radius 1 is 1.00 bits per heavy atom. The van der Waals surface area contributed by atoms with Crippen molar-refractivity contribution in [3.8, 4) is 0 Å². The molecule has 1 aliphatic rings. The van der Waals surface area contributed by atoms with Gasteiger partial charge in [-0.05, 0) is 54.8 Å². The number of hydrogen-bond acceptors (Lipinski definition) is 3. The number of hydrogen-bond donors (Lipinski definition) is 1. The molecule has 1 N–H and O–H groups in total. The zero-order valence-electron chi connectivity index (χ0n) is 13.6. The summed E-state index contributed by atoms with van der Waals surface area (Å²) in [5, 5.41) is 2.83. The molecule has 0 aromatic heterocycles. The zero-order chi connectivity index (χ0) is 17.9. The molecule has 0 aliphatic carbocycles. The van der Waals surface area contributed by atoms with Crippen molar-refractivity contribution in [3.63, 3.8) is 0 Å². The van der Waals surface area contributed by atoms with Crippen molar-refractivity contribution in [3.05, 3.63) is 64.1 Å². The molecule has 5 nitrogen and oxygen atoms in total. The average Bonchev–Trinajstić information content (AvgIpc) is 3.16. The fourth-order valence-electron chi connectivity index (χ4n) is 2.74. The van der Waals surface area contributed by atoms with Gasteiger partial charge < -0.3 is 5.32 Å². The van der Waals surface area contributed by atoms with Gasteiger partial charge >= 0.3 is 0 Å². The Labute approximate surface area is 156 Å². The van der Waals surface area contributed by atoms with Gasteiger partial charge in [0.2, 0.25) is 10.0 Å². The molecule has 0 bridgehead atoms. The van der Waals surface area contributed by atoms with Crippen LogP contribution in [0.2, 0.25) is 0 Å². The fourth-order valence-corrected chi connectivity index (χ4v) is 4.52. The van der Waals surface area contributed by atoms with E-state index < -0.39 is 10.0 Å². The molecular formula is C18H19BrN2O3S. The molecule has 1 heterocycles. The van der Waals surface area contributed by atoms with Gasteiger partial charge in [0, 0.05) is 29.7 Å². The lowest BCUT2D eigenvalue weighted by molar-refractivity contribution is 0.0951. The summed E-state index contributed by atoms with van der Waals surface area (Å²) in [4.78, 5) is 12.4. The van der Waals surface area contributed by atoms with Gasteiger partial charge in [-0.1, -0.05) is 28.1 Å². The van der Waals surface area contributed by atoms with E-state index in [-0.39, 0.29) is 5.91 Å². The summed E-state index contributed by atoms with van der Waals surface area (Å²) < 4.78 is 27.4. The molecule has 132 valence electrons. The number of nitrogens with one attached hydrogen (secondary N) is 1. The molecule has 7 heteroatoms. The van der Waals surface area contributed by atoms with E-state index in [0.717, 1.165) is 22.9 Å². The summed E-state index contributed by atoms with van der Waals surface area (Å²) in [5.41, 5.74) is 1.43. The average molecular weight is 423 g/mol. The van der Waals surface area contributed by atoms with Gasteiger partial charge in [-0.15, -0.1) is 0 Å². The second kappa shape index (κ2) is 7.68. The molecule has 0 atom stereocenters. The summed E-state index contributed by atoms with van der Waals surface area (Å²) in [7, 11) is -3.39. The highest BCUT2D eigenvalue weighted by molar-refractivity contribution is 9.10. The Hall–Kier alpha value is -1.70. The predicted octanol–water partition coefficient (Wildman–Crippen LogP) is 3.16. The lowest BCUT2D eigenvalue weighted by atomic mass is 10.2. The van der Waals surface area contributed by atoms with Crippen LogP contribution in [0.3, 0.4) is 0 Å². The van der Waals surface area contributed by atoms with E-state index in [1.807, 2.05) is 12.1 Å². The van der Waals surface area contributed by atoms with Crippen LogP contribution >= 0.6 is 15.9 Å². The van der Waals surface area contributed by atoms with Crippen LogP contribution in [0.15, 0.2) is 57.9 Å². The third-order valence-corrected chi connectivity index (χ3v) is 6.63. The standard InChI is InChI=1S/C18H19BrN2O3S/c19-16-7-5-15(6-8-16)18(22)20-13-14-3-9-17(10-4-14)25(23,24)21-11-1-2-12-21/h3-10H,1-2,11-13H2,(H,20,22). The second-order valence-corrected chi connectivity index (χ2v) is 8.80. The van der Waals surface area contributed by atoms with E-state index in [9.17, 15) is 13.2 Å². The van der Waals surface area contributed by atoms with Gasteiger partial charge in [0.1, 0.15) is 0 Å². The molecule has 3 rings (SSSR count). The number of nitrogens with zero attached hydrogens (tertiary/aromatic N) is 1.